The summed E-state index contributed by atoms with van der Waals surface area (Å²) in [4.78, 5) is 28.4. The number of rotatable bonds is 4. The van der Waals surface area contributed by atoms with Crippen LogP contribution in [0.3, 0.4) is 0 Å². The number of amides is 1. The molecule has 0 aliphatic heterocycles. The molecule has 0 bridgehead atoms. The minimum Gasteiger partial charge on any atom is -0.358 e. The van der Waals surface area contributed by atoms with E-state index in [9.17, 15) is 4.79 Å². The molecule has 2 rings (SSSR count). The molecule has 2 N–H and O–H groups in total. The smallest absolute Gasteiger partial charge is 0.239 e. The maximum absolute atomic E-state index is 11.5. The van der Waals surface area contributed by atoms with Crippen LogP contribution in [0.25, 0.3) is 11.2 Å². The molecule has 0 aromatic carbocycles. The molecule has 2 heterocycles. The lowest BCUT2D eigenvalue weighted by Gasteiger charge is -2.21. The average molecular weight is 269 g/mol. The molecule has 18 heavy (non-hydrogen) atoms. The number of aromatic amines is 1. The highest BCUT2D eigenvalue weighted by Crippen LogP contribution is 2.22. The quantitative estimate of drug-likeness (QED) is 0.792. The van der Waals surface area contributed by atoms with E-state index < -0.39 is 0 Å². The molecule has 1 amide bonds. The number of carbonyl (C=O) groups is 1. The molecule has 2 aromatic rings. The van der Waals surface area contributed by atoms with Crippen molar-refractivity contribution in [3.8, 4) is 0 Å². The Morgan fingerprint density at radius 3 is 3.00 bits per heavy atom. The van der Waals surface area contributed by atoms with Crippen molar-refractivity contribution in [1.82, 2.24) is 25.3 Å². The van der Waals surface area contributed by atoms with Gasteiger partial charge in [0.25, 0.3) is 0 Å². The molecule has 96 valence electrons. The maximum atomic E-state index is 11.5. The number of imidazole rings is 1. The first kappa shape index (κ1) is 12.6. The molecule has 0 atom stereocenters. The third-order valence-corrected chi connectivity index (χ3v) is 2.70. The van der Waals surface area contributed by atoms with E-state index in [0.717, 1.165) is 0 Å². The average Bonchev–Trinajstić information content (AvgIpc) is 2.82. The second-order valence-electron chi connectivity index (χ2n) is 3.60. The molecule has 0 saturated heterocycles. The van der Waals surface area contributed by atoms with Crippen molar-refractivity contribution in [3.63, 3.8) is 0 Å². The Kier molecular flexibility index (Phi) is 3.61. The number of likely N-dealkylation sites (N-methyl/N-ethyl adjacent to an activating group) is 2. The van der Waals surface area contributed by atoms with Gasteiger partial charge in [-0.3, -0.25) is 4.79 Å². The molecule has 0 fully saturated rings. The molecular formula is C10H13ClN6O. The van der Waals surface area contributed by atoms with E-state index in [4.69, 9.17) is 11.6 Å². The van der Waals surface area contributed by atoms with E-state index in [1.165, 1.54) is 6.33 Å². The van der Waals surface area contributed by atoms with E-state index in [2.05, 4.69) is 25.3 Å². The van der Waals surface area contributed by atoms with Crippen LogP contribution in [-0.4, -0.2) is 46.0 Å². The van der Waals surface area contributed by atoms with Crippen LogP contribution in [0.2, 0.25) is 5.28 Å². The van der Waals surface area contributed by atoms with Crippen molar-refractivity contribution >= 4 is 34.5 Å². The van der Waals surface area contributed by atoms with Crippen LogP contribution >= 0.6 is 11.6 Å². The van der Waals surface area contributed by atoms with Crippen LogP contribution in [0, 0.1) is 0 Å². The summed E-state index contributed by atoms with van der Waals surface area (Å²) >= 11 is 5.85. The lowest BCUT2D eigenvalue weighted by Crippen LogP contribution is -2.36. The molecule has 0 saturated carbocycles. The van der Waals surface area contributed by atoms with Gasteiger partial charge in [-0.15, -0.1) is 0 Å². The summed E-state index contributed by atoms with van der Waals surface area (Å²) in [7, 11) is 1.59. The normalized spacial score (nSPS) is 10.6. The fourth-order valence-electron chi connectivity index (χ4n) is 1.61. The number of anilines is 1. The van der Waals surface area contributed by atoms with Gasteiger partial charge in [0.2, 0.25) is 11.2 Å². The van der Waals surface area contributed by atoms with Crippen molar-refractivity contribution in [2.75, 3.05) is 25.0 Å². The Morgan fingerprint density at radius 1 is 1.56 bits per heavy atom. The van der Waals surface area contributed by atoms with Crippen molar-refractivity contribution in [2.45, 2.75) is 6.92 Å². The Morgan fingerprint density at radius 2 is 2.33 bits per heavy atom. The van der Waals surface area contributed by atoms with Gasteiger partial charge in [-0.2, -0.15) is 9.97 Å². The fourth-order valence-corrected chi connectivity index (χ4v) is 1.77. The van der Waals surface area contributed by atoms with Gasteiger partial charge in [-0.25, -0.2) is 4.98 Å². The summed E-state index contributed by atoms with van der Waals surface area (Å²) in [5.41, 5.74) is 1.16. The molecular weight excluding hydrogens is 256 g/mol. The van der Waals surface area contributed by atoms with Crippen molar-refractivity contribution in [2.24, 2.45) is 0 Å². The van der Waals surface area contributed by atoms with Gasteiger partial charge in [0, 0.05) is 13.6 Å². The molecule has 0 spiro atoms. The second-order valence-corrected chi connectivity index (χ2v) is 3.94. The molecule has 0 aliphatic carbocycles. The molecule has 7 nitrogen and oxygen atoms in total. The van der Waals surface area contributed by atoms with E-state index >= 15 is 0 Å². The first-order chi connectivity index (χ1) is 8.65. The molecule has 0 radical (unpaired) electrons. The SMILES string of the molecule is CCN(CC(=O)NC)c1nc(Cl)nc2nc[nH]c12. The topological polar surface area (TPSA) is 86.8 Å². The van der Waals surface area contributed by atoms with Gasteiger partial charge >= 0.3 is 0 Å². The van der Waals surface area contributed by atoms with Gasteiger partial charge < -0.3 is 15.2 Å². The number of H-pyrrole nitrogens is 1. The molecule has 8 heteroatoms. The van der Waals surface area contributed by atoms with Crippen LogP contribution < -0.4 is 10.2 Å². The van der Waals surface area contributed by atoms with E-state index in [1.54, 1.807) is 11.9 Å². The number of carbonyl (C=O) groups excluding carboxylic acids is 1. The second kappa shape index (κ2) is 5.18. The predicted octanol–water partition coefficient (Wildman–Crippen LogP) is 0.579. The van der Waals surface area contributed by atoms with Crippen molar-refractivity contribution in [1.29, 1.82) is 0 Å². The monoisotopic (exact) mass is 268 g/mol. The number of hydrogen-bond acceptors (Lipinski definition) is 5. The first-order valence-electron chi connectivity index (χ1n) is 5.47. The van der Waals surface area contributed by atoms with Gasteiger partial charge in [0.15, 0.2) is 11.5 Å². The third-order valence-electron chi connectivity index (χ3n) is 2.53. The highest BCUT2D eigenvalue weighted by molar-refractivity contribution is 6.28. The molecule has 0 unspecified atom stereocenters. The number of hydrogen-bond donors (Lipinski definition) is 2. The van der Waals surface area contributed by atoms with Crippen molar-refractivity contribution in [3.05, 3.63) is 11.6 Å². The number of halogens is 1. The van der Waals surface area contributed by atoms with E-state index in [-0.39, 0.29) is 17.7 Å². The van der Waals surface area contributed by atoms with Crippen LogP contribution in [0.4, 0.5) is 5.82 Å². The van der Waals surface area contributed by atoms with Crippen molar-refractivity contribution < 1.29 is 4.79 Å². The summed E-state index contributed by atoms with van der Waals surface area (Å²) in [6.45, 7) is 2.75. The zero-order chi connectivity index (χ0) is 13.1. The summed E-state index contributed by atoms with van der Waals surface area (Å²) in [6.07, 6.45) is 1.52. The number of fused-ring (bicyclic) bond motifs is 1. The van der Waals surface area contributed by atoms with Gasteiger partial charge in [-0.05, 0) is 18.5 Å². The van der Waals surface area contributed by atoms with Crippen LogP contribution in [0.1, 0.15) is 6.92 Å². The molecule has 0 aliphatic rings. The Bertz CT molecular complexity index is 568. The van der Waals surface area contributed by atoms with Crippen LogP contribution in [0.5, 0.6) is 0 Å². The highest BCUT2D eigenvalue weighted by atomic mass is 35.5. The Hall–Kier alpha value is -1.89. The summed E-state index contributed by atoms with van der Waals surface area (Å²) in [5, 5.41) is 2.68. The summed E-state index contributed by atoms with van der Waals surface area (Å²) in [5.74, 6) is 0.479. The zero-order valence-electron chi connectivity index (χ0n) is 10.1. The fraction of sp³-hybridized carbons (Fsp3) is 0.400. The third kappa shape index (κ3) is 2.35. The number of aromatic nitrogens is 4. The minimum absolute atomic E-state index is 0.0979. The lowest BCUT2D eigenvalue weighted by atomic mass is 10.4. The summed E-state index contributed by atoms with van der Waals surface area (Å²) < 4.78 is 0. The van der Waals surface area contributed by atoms with E-state index in [1.807, 2.05) is 6.92 Å². The zero-order valence-corrected chi connectivity index (χ0v) is 10.8. The standard InChI is InChI=1S/C10H13ClN6O/c1-3-17(4-6(18)12-2)9-7-8(14-5-13-7)15-10(11)16-9/h5H,3-4H2,1-2H3,(H,12,18)(H,13,14,15,16). The Labute approximate surface area is 109 Å². The number of nitrogens with one attached hydrogen (secondary N) is 2. The van der Waals surface area contributed by atoms with Gasteiger partial charge in [0.05, 0.1) is 12.9 Å². The van der Waals surface area contributed by atoms with Gasteiger partial charge in [-0.1, -0.05) is 0 Å². The Balaban J connectivity index is 2.43. The molecule has 2 aromatic heterocycles. The first-order valence-corrected chi connectivity index (χ1v) is 5.85. The number of nitrogens with zero attached hydrogens (tertiary/aromatic N) is 4. The lowest BCUT2D eigenvalue weighted by molar-refractivity contribution is -0.119. The minimum atomic E-state index is -0.0979. The van der Waals surface area contributed by atoms with E-state index in [0.29, 0.717) is 23.5 Å². The highest BCUT2D eigenvalue weighted by Gasteiger charge is 2.16. The van der Waals surface area contributed by atoms with Crippen LogP contribution in [0.15, 0.2) is 6.33 Å². The predicted molar refractivity (Wildman–Crippen MR) is 68.6 cm³/mol. The summed E-state index contributed by atoms with van der Waals surface area (Å²) in [6, 6.07) is 0. The van der Waals surface area contributed by atoms with Gasteiger partial charge in [0.1, 0.15) is 5.52 Å². The largest absolute Gasteiger partial charge is 0.358 e. The maximum Gasteiger partial charge on any atom is 0.239 e. The van der Waals surface area contributed by atoms with Crippen LogP contribution in [-0.2, 0) is 4.79 Å².